The van der Waals surface area contributed by atoms with Crippen molar-refractivity contribution >= 4 is 0 Å². The SMILES string of the molecule is CCCc1ccc(CCC2CCCC(C)N2)cc1. The smallest absolute Gasteiger partial charge is 0.00727 e. The minimum Gasteiger partial charge on any atom is -0.311 e. The summed E-state index contributed by atoms with van der Waals surface area (Å²) >= 11 is 0. The number of hydrogen-bond acceptors (Lipinski definition) is 1. The summed E-state index contributed by atoms with van der Waals surface area (Å²) in [6, 6.07) is 10.7. The van der Waals surface area contributed by atoms with E-state index in [1.54, 1.807) is 0 Å². The number of benzene rings is 1. The average Bonchev–Trinajstić information content (AvgIpc) is 2.38. The molecule has 1 nitrogen and oxygen atoms in total. The van der Waals surface area contributed by atoms with Crippen LogP contribution in [0.1, 0.15) is 57.1 Å². The lowest BCUT2D eigenvalue weighted by Gasteiger charge is -2.28. The summed E-state index contributed by atoms with van der Waals surface area (Å²) in [5, 5.41) is 3.72. The van der Waals surface area contributed by atoms with Crippen LogP contribution in [0.25, 0.3) is 0 Å². The van der Waals surface area contributed by atoms with Crippen molar-refractivity contribution in [2.24, 2.45) is 0 Å². The molecule has 1 aromatic carbocycles. The van der Waals surface area contributed by atoms with Gasteiger partial charge in [0.25, 0.3) is 0 Å². The van der Waals surface area contributed by atoms with Gasteiger partial charge >= 0.3 is 0 Å². The minimum absolute atomic E-state index is 0.718. The maximum atomic E-state index is 3.72. The molecule has 18 heavy (non-hydrogen) atoms. The Morgan fingerprint density at radius 3 is 2.33 bits per heavy atom. The highest BCUT2D eigenvalue weighted by atomic mass is 15.0. The molecule has 0 radical (unpaired) electrons. The second-order valence-corrected chi connectivity index (χ2v) is 5.80. The number of aryl methyl sites for hydroxylation is 2. The van der Waals surface area contributed by atoms with Crippen LogP contribution in [-0.4, -0.2) is 12.1 Å². The molecule has 1 N–H and O–H groups in total. The molecule has 2 rings (SSSR count). The topological polar surface area (TPSA) is 12.0 Å². The number of hydrogen-bond donors (Lipinski definition) is 1. The molecule has 0 bridgehead atoms. The largest absolute Gasteiger partial charge is 0.311 e. The van der Waals surface area contributed by atoms with Crippen LogP contribution in [0.2, 0.25) is 0 Å². The first kappa shape index (κ1) is 13.6. The average molecular weight is 245 g/mol. The van der Waals surface area contributed by atoms with Gasteiger partial charge in [-0.2, -0.15) is 0 Å². The van der Waals surface area contributed by atoms with Gasteiger partial charge in [-0.1, -0.05) is 44.0 Å². The van der Waals surface area contributed by atoms with Crippen LogP contribution in [0.4, 0.5) is 0 Å². The molecule has 1 saturated heterocycles. The molecule has 1 aliphatic rings. The van der Waals surface area contributed by atoms with Gasteiger partial charge < -0.3 is 5.32 Å². The Morgan fingerprint density at radius 2 is 1.72 bits per heavy atom. The molecule has 1 heterocycles. The van der Waals surface area contributed by atoms with E-state index in [1.165, 1.54) is 56.1 Å². The lowest BCUT2D eigenvalue weighted by Crippen LogP contribution is -2.40. The Kier molecular flexibility index (Phi) is 5.25. The zero-order valence-electron chi connectivity index (χ0n) is 11.9. The fourth-order valence-corrected chi connectivity index (χ4v) is 2.97. The highest BCUT2D eigenvalue weighted by Gasteiger charge is 2.17. The fraction of sp³-hybridized carbons (Fsp3) is 0.647. The van der Waals surface area contributed by atoms with Crippen molar-refractivity contribution in [3.05, 3.63) is 35.4 Å². The lowest BCUT2D eigenvalue weighted by atomic mass is 9.94. The van der Waals surface area contributed by atoms with E-state index in [-0.39, 0.29) is 0 Å². The summed E-state index contributed by atoms with van der Waals surface area (Å²) in [5.41, 5.74) is 2.97. The normalized spacial score (nSPS) is 24.1. The Bertz CT molecular complexity index is 341. The Balaban J connectivity index is 1.78. The molecule has 1 fully saturated rings. The highest BCUT2D eigenvalue weighted by molar-refractivity contribution is 5.22. The Hall–Kier alpha value is -0.820. The molecule has 0 aromatic heterocycles. The first-order valence-electron chi connectivity index (χ1n) is 7.62. The molecule has 0 amide bonds. The van der Waals surface area contributed by atoms with Crippen molar-refractivity contribution in [2.45, 2.75) is 70.9 Å². The third-order valence-corrected chi connectivity index (χ3v) is 4.05. The third kappa shape index (κ3) is 4.13. The van der Waals surface area contributed by atoms with Crippen LogP contribution >= 0.6 is 0 Å². The van der Waals surface area contributed by atoms with Crippen LogP contribution in [0.3, 0.4) is 0 Å². The predicted molar refractivity (Wildman–Crippen MR) is 79.0 cm³/mol. The fourth-order valence-electron chi connectivity index (χ4n) is 2.97. The quantitative estimate of drug-likeness (QED) is 0.823. The van der Waals surface area contributed by atoms with E-state index in [0.29, 0.717) is 0 Å². The summed E-state index contributed by atoms with van der Waals surface area (Å²) in [6.07, 6.45) is 9.06. The summed E-state index contributed by atoms with van der Waals surface area (Å²) in [5.74, 6) is 0. The van der Waals surface area contributed by atoms with Crippen molar-refractivity contribution in [1.29, 1.82) is 0 Å². The molecule has 0 aliphatic carbocycles. The van der Waals surface area contributed by atoms with Gasteiger partial charge in [0.1, 0.15) is 0 Å². The minimum atomic E-state index is 0.718. The van der Waals surface area contributed by atoms with Gasteiger partial charge in [-0.15, -0.1) is 0 Å². The molecule has 100 valence electrons. The van der Waals surface area contributed by atoms with Gasteiger partial charge in [0.15, 0.2) is 0 Å². The second-order valence-electron chi connectivity index (χ2n) is 5.80. The molecule has 1 heteroatoms. The molecule has 1 aliphatic heterocycles. The van der Waals surface area contributed by atoms with E-state index in [4.69, 9.17) is 0 Å². The van der Waals surface area contributed by atoms with Crippen LogP contribution in [0.15, 0.2) is 24.3 Å². The van der Waals surface area contributed by atoms with Crippen molar-refractivity contribution in [2.75, 3.05) is 0 Å². The highest BCUT2D eigenvalue weighted by Crippen LogP contribution is 2.17. The summed E-state index contributed by atoms with van der Waals surface area (Å²) in [4.78, 5) is 0. The van der Waals surface area contributed by atoms with Gasteiger partial charge in [-0.3, -0.25) is 0 Å². The van der Waals surface area contributed by atoms with Gasteiger partial charge in [0.05, 0.1) is 0 Å². The molecule has 2 unspecified atom stereocenters. The van der Waals surface area contributed by atoms with Crippen LogP contribution in [0.5, 0.6) is 0 Å². The van der Waals surface area contributed by atoms with Crippen molar-refractivity contribution in [1.82, 2.24) is 5.32 Å². The van der Waals surface area contributed by atoms with Gasteiger partial charge in [-0.25, -0.2) is 0 Å². The van der Waals surface area contributed by atoms with Crippen molar-refractivity contribution in [3.8, 4) is 0 Å². The van der Waals surface area contributed by atoms with Crippen molar-refractivity contribution in [3.63, 3.8) is 0 Å². The number of piperidine rings is 1. The first-order chi connectivity index (χ1) is 8.78. The summed E-state index contributed by atoms with van der Waals surface area (Å²) < 4.78 is 0. The maximum absolute atomic E-state index is 3.72. The zero-order valence-corrected chi connectivity index (χ0v) is 11.9. The summed E-state index contributed by atoms with van der Waals surface area (Å²) in [7, 11) is 0. The Morgan fingerprint density at radius 1 is 1.06 bits per heavy atom. The van der Waals surface area contributed by atoms with E-state index in [1.807, 2.05) is 0 Å². The van der Waals surface area contributed by atoms with Crippen LogP contribution < -0.4 is 5.32 Å². The van der Waals surface area contributed by atoms with Gasteiger partial charge in [-0.05, 0) is 50.2 Å². The Labute approximate surface area is 112 Å². The lowest BCUT2D eigenvalue weighted by molar-refractivity contribution is 0.322. The predicted octanol–water partition coefficient (Wildman–Crippen LogP) is 4.10. The molecule has 0 saturated carbocycles. The van der Waals surface area contributed by atoms with Gasteiger partial charge in [0.2, 0.25) is 0 Å². The molecule has 0 spiro atoms. The third-order valence-electron chi connectivity index (χ3n) is 4.05. The summed E-state index contributed by atoms with van der Waals surface area (Å²) in [6.45, 7) is 4.55. The van der Waals surface area contributed by atoms with E-state index in [2.05, 4.69) is 43.4 Å². The van der Waals surface area contributed by atoms with E-state index in [0.717, 1.165) is 12.1 Å². The van der Waals surface area contributed by atoms with Crippen LogP contribution in [-0.2, 0) is 12.8 Å². The number of rotatable bonds is 5. The standard InChI is InChI=1S/C17H27N/c1-3-5-15-8-10-16(11-9-15)12-13-17-7-4-6-14(2)18-17/h8-11,14,17-18H,3-7,12-13H2,1-2H3. The number of nitrogens with one attached hydrogen (secondary N) is 1. The monoisotopic (exact) mass is 245 g/mol. The molecular weight excluding hydrogens is 218 g/mol. The maximum Gasteiger partial charge on any atom is 0.00727 e. The van der Waals surface area contributed by atoms with E-state index < -0.39 is 0 Å². The van der Waals surface area contributed by atoms with E-state index >= 15 is 0 Å². The van der Waals surface area contributed by atoms with E-state index in [9.17, 15) is 0 Å². The second kappa shape index (κ2) is 6.94. The first-order valence-corrected chi connectivity index (χ1v) is 7.62. The molecular formula is C17H27N. The molecule has 2 atom stereocenters. The van der Waals surface area contributed by atoms with Crippen molar-refractivity contribution < 1.29 is 0 Å². The van der Waals surface area contributed by atoms with Crippen LogP contribution in [0, 0.1) is 0 Å². The van der Waals surface area contributed by atoms with Gasteiger partial charge in [0, 0.05) is 12.1 Å². The molecule has 1 aromatic rings. The zero-order chi connectivity index (χ0) is 12.8.